The summed E-state index contributed by atoms with van der Waals surface area (Å²) in [6, 6.07) is 1.91. The summed E-state index contributed by atoms with van der Waals surface area (Å²) in [7, 11) is 0. The van der Waals surface area contributed by atoms with E-state index in [0.29, 0.717) is 6.54 Å². The molecule has 0 amide bonds. The van der Waals surface area contributed by atoms with Gasteiger partial charge in [-0.3, -0.25) is 4.68 Å². The zero-order valence-corrected chi connectivity index (χ0v) is 9.89. The van der Waals surface area contributed by atoms with E-state index in [-0.39, 0.29) is 5.41 Å². The maximum absolute atomic E-state index is 10.3. The van der Waals surface area contributed by atoms with E-state index in [0.717, 1.165) is 31.5 Å². The van der Waals surface area contributed by atoms with Gasteiger partial charge < -0.3 is 10.8 Å². The number of nitrogens with two attached hydrogens (primary N) is 1. The molecule has 4 heteroatoms. The largest absolute Gasteiger partial charge is 0.386 e. The van der Waals surface area contributed by atoms with Gasteiger partial charge in [-0.2, -0.15) is 5.10 Å². The number of aliphatic hydroxyl groups excluding tert-OH is 1. The topological polar surface area (TPSA) is 64.1 Å². The Kier molecular flexibility index (Phi) is 3.30. The zero-order chi connectivity index (χ0) is 11.6. The highest BCUT2D eigenvalue weighted by atomic mass is 16.3. The van der Waals surface area contributed by atoms with Crippen molar-refractivity contribution in [1.82, 2.24) is 9.78 Å². The molecule has 2 rings (SSSR count). The van der Waals surface area contributed by atoms with Gasteiger partial charge in [0, 0.05) is 24.7 Å². The maximum Gasteiger partial charge on any atom is 0.105 e. The Bertz CT molecular complexity index is 338. The van der Waals surface area contributed by atoms with Crippen molar-refractivity contribution in [2.45, 2.75) is 45.3 Å². The minimum atomic E-state index is -0.496. The summed E-state index contributed by atoms with van der Waals surface area (Å²) in [5.41, 5.74) is 6.45. The van der Waals surface area contributed by atoms with Crippen LogP contribution >= 0.6 is 0 Å². The fraction of sp³-hybridized carbons (Fsp3) is 0.750. The number of hydrogen-bond donors (Lipinski definition) is 2. The van der Waals surface area contributed by atoms with Crippen molar-refractivity contribution in [3.63, 3.8) is 0 Å². The van der Waals surface area contributed by atoms with Crippen LogP contribution in [0.15, 0.2) is 12.3 Å². The molecule has 0 aromatic carbocycles. The van der Waals surface area contributed by atoms with E-state index in [1.54, 1.807) is 0 Å². The Morgan fingerprint density at radius 1 is 1.62 bits per heavy atom. The molecular formula is C12H21N3O. The molecule has 0 aliphatic heterocycles. The van der Waals surface area contributed by atoms with Crippen molar-refractivity contribution in [1.29, 1.82) is 0 Å². The lowest BCUT2D eigenvalue weighted by Crippen LogP contribution is -2.42. The molecule has 1 aliphatic carbocycles. The smallest absolute Gasteiger partial charge is 0.105 e. The van der Waals surface area contributed by atoms with E-state index < -0.39 is 6.10 Å². The van der Waals surface area contributed by atoms with Crippen LogP contribution in [0.4, 0.5) is 0 Å². The minimum absolute atomic E-state index is 0.106. The van der Waals surface area contributed by atoms with Gasteiger partial charge in [0.1, 0.15) is 6.10 Å². The molecule has 16 heavy (non-hydrogen) atoms. The lowest BCUT2D eigenvalue weighted by Gasteiger charge is -2.44. The van der Waals surface area contributed by atoms with Crippen LogP contribution in [0, 0.1) is 5.41 Å². The Labute approximate surface area is 96.5 Å². The number of rotatable bonds is 5. The van der Waals surface area contributed by atoms with Crippen LogP contribution in [-0.2, 0) is 6.54 Å². The van der Waals surface area contributed by atoms with E-state index in [1.165, 1.54) is 6.42 Å². The van der Waals surface area contributed by atoms with Crippen LogP contribution in [0.5, 0.6) is 0 Å². The van der Waals surface area contributed by atoms with Crippen LogP contribution < -0.4 is 5.73 Å². The third kappa shape index (κ3) is 1.87. The van der Waals surface area contributed by atoms with E-state index in [9.17, 15) is 5.11 Å². The molecule has 1 aromatic rings. The van der Waals surface area contributed by atoms with Gasteiger partial charge in [-0.25, -0.2) is 0 Å². The lowest BCUT2D eigenvalue weighted by molar-refractivity contribution is -0.0325. The molecule has 1 atom stereocenters. The molecule has 1 fully saturated rings. The fourth-order valence-electron chi connectivity index (χ4n) is 2.41. The molecule has 1 saturated carbocycles. The van der Waals surface area contributed by atoms with Crippen molar-refractivity contribution in [3.05, 3.63) is 18.0 Å². The molecule has 0 saturated heterocycles. The second kappa shape index (κ2) is 4.55. The van der Waals surface area contributed by atoms with Crippen molar-refractivity contribution in [2.24, 2.45) is 11.1 Å². The van der Waals surface area contributed by atoms with Gasteiger partial charge in [0.15, 0.2) is 0 Å². The standard InChI is InChI=1S/C12H21N3O/c1-2-7-15-8-4-10(14-15)11(16)12(9-13)5-3-6-12/h4,8,11,16H,2-3,5-7,9,13H2,1H3/t11-/m1/s1. The highest BCUT2D eigenvalue weighted by Crippen LogP contribution is 2.48. The van der Waals surface area contributed by atoms with Gasteiger partial charge in [0.25, 0.3) is 0 Å². The first-order valence-corrected chi connectivity index (χ1v) is 6.13. The monoisotopic (exact) mass is 223 g/mol. The van der Waals surface area contributed by atoms with E-state index in [2.05, 4.69) is 12.0 Å². The number of aliphatic hydroxyl groups is 1. The van der Waals surface area contributed by atoms with Gasteiger partial charge in [0.05, 0.1) is 5.69 Å². The Hall–Kier alpha value is -0.870. The van der Waals surface area contributed by atoms with Gasteiger partial charge in [-0.1, -0.05) is 13.3 Å². The summed E-state index contributed by atoms with van der Waals surface area (Å²) < 4.78 is 1.89. The van der Waals surface area contributed by atoms with Gasteiger partial charge in [-0.05, 0) is 25.3 Å². The molecular weight excluding hydrogens is 202 g/mol. The molecule has 0 spiro atoms. The molecule has 90 valence electrons. The van der Waals surface area contributed by atoms with Gasteiger partial charge in [-0.15, -0.1) is 0 Å². The van der Waals surface area contributed by atoms with Crippen molar-refractivity contribution >= 4 is 0 Å². The predicted molar refractivity (Wildman–Crippen MR) is 62.8 cm³/mol. The van der Waals surface area contributed by atoms with Crippen molar-refractivity contribution < 1.29 is 5.11 Å². The average molecular weight is 223 g/mol. The Balaban J connectivity index is 2.10. The van der Waals surface area contributed by atoms with Gasteiger partial charge in [0.2, 0.25) is 0 Å². The fourth-order valence-corrected chi connectivity index (χ4v) is 2.41. The number of hydrogen-bond acceptors (Lipinski definition) is 3. The van der Waals surface area contributed by atoms with E-state index in [1.807, 2.05) is 16.9 Å². The molecule has 3 N–H and O–H groups in total. The maximum atomic E-state index is 10.3. The Morgan fingerprint density at radius 3 is 2.88 bits per heavy atom. The normalized spacial score (nSPS) is 20.4. The van der Waals surface area contributed by atoms with Gasteiger partial charge >= 0.3 is 0 Å². The third-order valence-electron chi connectivity index (χ3n) is 3.73. The molecule has 4 nitrogen and oxygen atoms in total. The summed E-state index contributed by atoms with van der Waals surface area (Å²) >= 11 is 0. The number of nitrogens with zero attached hydrogens (tertiary/aromatic N) is 2. The zero-order valence-electron chi connectivity index (χ0n) is 9.89. The van der Waals surface area contributed by atoms with E-state index >= 15 is 0 Å². The summed E-state index contributed by atoms with van der Waals surface area (Å²) in [5.74, 6) is 0. The highest BCUT2D eigenvalue weighted by Gasteiger charge is 2.43. The first kappa shape index (κ1) is 11.6. The third-order valence-corrected chi connectivity index (χ3v) is 3.73. The minimum Gasteiger partial charge on any atom is -0.386 e. The summed E-state index contributed by atoms with van der Waals surface area (Å²) in [5, 5.41) is 14.7. The van der Waals surface area contributed by atoms with Crippen LogP contribution in [0.3, 0.4) is 0 Å². The van der Waals surface area contributed by atoms with Crippen LogP contribution in [0.1, 0.15) is 44.4 Å². The molecule has 0 unspecified atom stereocenters. The first-order chi connectivity index (χ1) is 7.72. The highest BCUT2D eigenvalue weighted by molar-refractivity contribution is 5.10. The van der Waals surface area contributed by atoms with Crippen LogP contribution in [0.25, 0.3) is 0 Å². The lowest BCUT2D eigenvalue weighted by atomic mass is 9.64. The second-order valence-electron chi connectivity index (χ2n) is 4.83. The SMILES string of the molecule is CCCn1ccc([C@@H](O)C2(CN)CCC2)n1. The molecule has 0 radical (unpaired) electrons. The van der Waals surface area contributed by atoms with Crippen LogP contribution in [0.2, 0.25) is 0 Å². The molecule has 0 bridgehead atoms. The predicted octanol–water partition coefficient (Wildman–Crippen LogP) is 1.46. The summed E-state index contributed by atoms with van der Waals surface area (Å²) in [4.78, 5) is 0. The second-order valence-corrected chi connectivity index (χ2v) is 4.83. The number of aromatic nitrogens is 2. The quantitative estimate of drug-likeness (QED) is 0.794. The van der Waals surface area contributed by atoms with Crippen molar-refractivity contribution in [2.75, 3.05) is 6.54 Å². The van der Waals surface area contributed by atoms with Crippen molar-refractivity contribution in [3.8, 4) is 0 Å². The van der Waals surface area contributed by atoms with Crippen LogP contribution in [-0.4, -0.2) is 21.4 Å². The summed E-state index contributed by atoms with van der Waals surface area (Å²) in [6.07, 6.45) is 5.70. The molecule has 1 aromatic heterocycles. The van der Waals surface area contributed by atoms with E-state index in [4.69, 9.17) is 5.73 Å². The summed E-state index contributed by atoms with van der Waals surface area (Å²) in [6.45, 7) is 3.57. The number of aryl methyl sites for hydroxylation is 1. The Morgan fingerprint density at radius 2 is 2.38 bits per heavy atom. The average Bonchev–Trinajstić information content (AvgIpc) is 2.66. The molecule has 1 heterocycles. The molecule has 1 aliphatic rings. The first-order valence-electron chi connectivity index (χ1n) is 6.13.